The van der Waals surface area contributed by atoms with Crippen LogP contribution in [0, 0.1) is 0 Å². The highest BCUT2D eigenvalue weighted by Crippen LogP contribution is 2.26. The molecule has 0 atom stereocenters. The fourth-order valence-electron chi connectivity index (χ4n) is 2.95. The summed E-state index contributed by atoms with van der Waals surface area (Å²) in [7, 11) is 0. The van der Waals surface area contributed by atoms with Gasteiger partial charge in [-0.25, -0.2) is 4.68 Å². The van der Waals surface area contributed by atoms with Crippen molar-refractivity contribution in [3.63, 3.8) is 0 Å². The van der Waals surface area contributed by atoms with Crippen LogP contribution in [-0.2, 0) is 18.8 Å². The van der Waals surface area contributed by atoms with Crippen LogP contribution in [0.2, 0.25) is 0 Å². The van der Waals surface area contributed by atoms with E-state index in [2.05, 4.69) is 54.3 Å². The van der Waals surface area contributed by atoms with Gasteiger partial charge in [-0.1, -0.05) is 55.4 Å². The van der Waals surface area contributed by atoms with Crippen LogP contribution in [0.1, 0.15) is 31.2 Å². The van der Waals surface area contributed by atoms with Gasteiger partial charge in [-0.15, -0.1) is 15.3 Å². The Balaban J connectivity index is 1.60. The van der Waals surface area contributed by atoms with Gasteiger partial charge in [-0.3, -0.25) is 9.55 Å². The molecule has 0 saturated heterocycles. The average molecular weight is 407 g/mol. The molecule has 148 valence electrons. The first-order valence-corrected chi connectivity index (χ1v) is 10.6. The number of rotatable bonds is 9. The lowest BCUT2D eigenvalue weighted by Gasteiger charge is -2.10. The summed E-state index contributed by atoms with van der Waals surface area (Å²) < 4.78 is 3.99. The number of tetrazole rings is 1. The van der Waals surface area contributed by atoms with Crippen LogP contribution in [0.15, 0.2) is 60.0 Å². The minimum Gasteiger partial charge on any atom is -0.297 e. The molecule has 4 rings (SSSR count). The van der Waals surface area contributed by atoms with Crippen molar-refractivity contribution in [1.29, 1.82) is 0 Å². The van der Waals surface area contributed by atoms with E-state index in [9.17, 15) is 0 Å². The number of hydrogen-bond donors (Lipinski definition) is 0. The summed E-state index contributed by atoms with van der Waals surface area (Å²) in [4.78, 5) is 4.23. The molecule has 3 aromatic heterocycles. The predicted molar refractivity (Wildman–Crippen MR) is 111 cm³/mol. The molecule has 0 unspecified atom stereocenters. The quantitative estimate of drug-likeness (QED) is 0.393. The zero-order valence-electron chi connectivity index (χ0n) is 16.2. The van der Waals surface area contributed by atoms with Gasteiger partial charge < -0.3 is 0 Å². The summed E-state index contributed by atoms with van der Waals surface area (Å²) in [5, 5.41) is 21.8. The number of nitrogens with zero attached hydrogens (tertiary/aromatic N) is 8. The van der Waals surface area contributed by atoms with E-state index < -0.39 is 0 Å². The minimum absolute atomic E-state index is 0.636. The lowest BCUT2D eigenvalue weighted by atomic mass is 10.2. The minimum atomic E-state index is 0.636. The molecule has 0 amide bonds. The molecule has 0 bridgehead atoms. The number of aryl methyl sites for hydroxylation is 1. The van der Waals surface area contributed by atoms with E-state index in [-0.39, 0.29) is 0 Å². The van der Waals surface area contributed by atoms with Gasteiger partial charge in [0.1, 0.15) is 0 Å². The summed E-state index contributed by atoms with van der Waals surface area (Å²) in [6.07, 6.45) is 5.73. The molecule has 1 aromatic carbocycles. The third-order valence-corrected chi connectivity index (χ3v) is 5.44. The Morgan fingerprint density at radius 3 is 2.69 bits per heavy atom. The molecule has 0 N–H and O–H groups in total. The van der Waals surface area contributed by atoms with Crippen LogP contribution in [0.3, 0.4) is 0 Å². The Morgan fingerprint density at radius 2 is 1.90 bits per heavy atom. The van der Waals surface area contributed by atoms with Crippen LogP contribution in [-0.4, -0.2) is 40.0 Å². The SMILES string of the molecule is CCCCn1nnnc1CSc1nnc(-c2cccnc2)n1Cc1ccccc1. The Labute approximate surface area is 173 Å². The molecule has 0 fully saturated rings. The van der Waals surface area contributed by atoms with E-state index in [1.807, 2.05) is 41.2 Å². The summed E-state index contributed by atoms with van der Waals surface area (Å²) >= 11 is 1.59. The molecule has 0 spiro atoms. The standard InChI is InChI=1S/C20H22N8S/c1-2-3-12-28-18(22-25-26-28)15-29-20-24-23-19(17-10-7-11-21-13-17)27(20)14-16-8-5-4-6-9-16/h4-11,13H,2-3,12,14-15H2,1H3. The van der Waals surface area contributed by atoms with Crippen molar-refractivity contribution in [2.75, 3.05) is 0 Å². The van der Waals surface area contributed by atoms with E-state index in [4.69, 9.17) is 0 Å². The van der Waals surface area contributed by atoms with Gasteiger partial charge >= 0.3 is 0 Å². The molecule has 8 nitrogen and oxygen atoms in total. The van der Waals surface area contributed by atoms with Crippen LogP contribution in [0.4, 0.5) is 0 Å². The number of thioether (sulfide) groups is 1. The maximum atomic E-state index is 4.45. The van der Waals surface area contributed by atoms with Gasteiger partial charge in [0.05, 0.1) is 12.3 Å². The van der Waals surface area contributed by atoms with Gasteiger partial charge in [0.15, 0.2) is 16.8 Å². The van der Waals surface area contributed by atoms with E-state index in [1.54, 1.807) is 18.0 Å². The zero-order chi connectivity index (χ0) is 19.9. The van der Waals surface area contributed by atoms with Crippen LogP contribution >= 0.6 is 11.8 Å². The Bertz CT molecular complexity index is 1030. The highest BCUT2D eigenvalue weighted by atomic mass is 32.2. The second-order valence-electron chi connectivity index (χ2n) is 6.58. The zero-order valence-corrected chi connectivity index (χ0v) is 17.0. The largest absolute Gasteiger partial charge is 0.297 e. The molecule has 29 heavy (non-hydrogen) atoms. The van der Waals surface area contributed by atoms with Gasteiger partial charge in [0.25, 0.3) is 0 Å². The van der Waals surface area contributed by atoms with E-state index in [1.165, 1.54) is 5.56 Å². The van der Waals surface area contributed by atoms with Gasteiger partial charge in [-0.2, -0.15) is 0 Å². The highest BCUT2D eigenvalue weighted by Gasteiger charge is 2.16. The topological polar surface area (TPSA) is 87.2 Å². The molecule has 9 heteroatoms. The molecule has 0 saturated carbocycles. The van der Waals surface area contributed by atoms with Crippen molar-refractivity contribution in [1.82, 2.24) is 40.0 Å². The van der Waals surface area contributed by atoms with Crippen LogP contribution in [0.25, 0.3) is 11.4 Å². The second-order valence-corrected chi connectivity index (χ2v) is 7.52. The van der Waals surface area contributed by atoms with E-state index in [0.29, 0.717) is 12.3 Å². The smallest absolute Gasteiger partial charge is 0.192 e. The Kier molecular flexibility index (Phi) is 6.25. The summed E-state index contributed by atoms with van der Waals surface area (Å²) in [6, 6.07) is 14.2. The lowest BCUT2D eigenvalue weighted by molar-refractivity contribution is 0.540. The molecule has 0 aliphatic heterocycles. The molecule has 4 aromatic rings. The van der Waals surface area contributed by atoms with Crippen molar-refractivity contribution in [3.8, 4) is 11.4 Å². The number of unbranched alkanes of at least 4 members (excludes halogenated alkanes) is 1. The number of benzene rings is 1. The number of pyridine rings is 1. The third-order valence-electron chi connectivity index (χ3n) is 4.48. The Hall–Kier alpha value is -3.07. The fourth-order valence-corrected chi connectivity index (χ4v) is 3.82. The van der Waals surface area contributed by atoms with E-state index >= 15 is 0 Å². The van der Waals surface area contributed by atoms with Crippen molar-refractivity contribution < 1.29 is 0 Å². The third kappa shape index (κ3) is 4.68. The summed E-state index contributed by atoms with van der Waals surface area (Å²) in [5.74, 6) is 2.28. The van der Waals surface area contributed by atoms with Crippen LogP contribution in [0.5, 0.6) is 0 Å². The van der Waals surface area contributed by atoms with Gasteiger partial charge in [0, 0.05) is 24.5 Å². The first-order chi connectivity index (χ1) is 14.3. The molecule has 0 aliphatic carbocycles. The molecule has 3 heterocycles. The number of aromatic nitrogens is 8. The molecular formula is C20H22N8S. The average Bonchev–Trinajstić information content (AvgIpc) is 3.38. The Morgan fingerprint density at radius 1 is 1.00 bits per heavy atom. The van der Waals surface area contributed by atoms with Gasteiger partial charge in [-0.05, 0) is 34.5 Å². The van der Waals surface area contributed by atoms with Crippen LogP contribution < -0.4 is 0 Å². The maximum Gasteiger partial charge on any atom is 0.192 e. The molecule has 0 radical (unpaired) electrons. The van der Waals surface area contributed by atoms with Crippen molar-refractivity contribution >= 4 is 11.8 Å². The maximum absolute atomic E-state index is 4.45. The van der Waals surface area contributed by atoms with Crippen molar-refractivity contribution in [3.05, 3.63) is 66.2 Å². The monoisotopic (exact) mass is 406 g/mol. The second kappa shape index (κ2) is 9.42. The van der Waals surface area contributed by atoms with Crippen molar-refractivity contribution in [2.24, 2.45) is 0 Å². The predicted octanol–water partition coefficient (Wildman–Crippen LogP) is 3.47. The van der Waals surface area contributed by atoms with Crippen molar-refractivity contribution in [2.45, 2.75) is 43.8 Å². The highest BCUT2D eigenvalue weighted by molar-refractivity contribution is 7.98. The van der Waals surface area contributed by atoms with E-state index in [0.717, 1.165) is 41.8 Å². The molecule has 0 aliphatic rings. The normalized spacial score (nSPS) is 11.1. The van der Waals surface area contributed by atoms with Gasteiger partial charge in [0.2, 0.25) is 0 Å². The fraction of sp³-hybridized carbons (Fsp3) is 0.300. The first-order valence-electron chi connectivity index (χ1n) is 9.60. The lowest BCUT2D eigenvalue weighted by Crippen LogP contribution is -2.07. The number of hydrogen-bond acceptors (Lipinski definition) is 7. The summed E-state index contributed by atoms with van der Waals surface area (Å²) in [6.45, 7) is 3.67. The summed E-state index contributed by atoms with van der Waals surface area (Å²) in [5.41, 5.74) is 2.13. The molecular weight excluding hydrogens is 384 g/mol. The first kappa shape index (κ1) is 19.3.